The Kier molecular flexibility index (Phi) is 74.2. The third-order valence-corrected chi connectivity index (χ3v) is 19.4. The molecule has 0 aromatic heterocycles. The third kappa shape index (κ3) is 76.2. The summed E-state index contributed by atoms with van der Waals surface area (Å²) in [6.07, 6.45) is 82.2. The van der Waals surface area contributed by atoms with Crippen molar-refractivity contribution in [1.29, 1.82) is 0 Å². The SMILES string of the molecule is CC/C=C\C/C=C\C/C=C\CCCCCCCC(=O)OCC(COP(=O)(O)OCC(O)COP(=O)(O)OCC(COC(=O)CCCCCCCC/C=C\C/C=C\C/C=C\CCCCC)OC(=O)CCCCCCC/C=C\C/C=C\CCCCC)OC(=O)CCCCCCCCCCCCCCCCC. The van der Waals surface area contributed by atoms with Gasteiger partial charge in [-0.15, -0.1) is 0 Å². The van der Waals surface area contributed by atoms with Crippen LogP contribution in [-0.2, 0) is 65.4 Å². The average molecular weight is 1510 g/mol. The predicted octanol–water partition coefficient (Wildman–Crippen LogP) is 24.3. The first-order valence-corrected chi connectivity index (χ1v) is 44.5. The Labute approximate surface area is 633 Å². The molecule has 0 amide bonds. The lowest BCUT2D eigenvalue weighted by molar-refractivity contribution is -0.161. The number of phosphoric acid groups is 2. The highest BCUT2D eigenvalue weighted by Gasteiger charge is 2.30. The van der Waals surface area contributed by atoms with Crippen LogP contribution < -0.4 is 0 Å². The topological polar surface area (TPSA) is 237 Å². The molecular weight excluding hydrogens is 1350 g/mol. The van der Waals surface area contributed by atoms with Gasteiger partial charge in [0.05, 0.1) is 26.4 Å². The number of allylic oxidation sites excluding steroid dienone is 16. The maximum Gasteiger partial charge on any atom is 0.472 e. The molecule has 0 rings (SSSR count). The molecule has 0 saturated carbocycles. The van der Waals surface area contributed by atoms with E-state index >= 15 is 0 Å². The van der Waals surface area contributed by atoms with Gasteiger partial charge in [0.15, 0.2) is 12.2 Å². The number of hydrogen-bond acceptors (Lipinski definition) is 15. The molecule has 17 nitrogen and oxygen atoms in total. The summed E-state index contributed by atoms with van der Waals surface area (Å²) in [5.74, 6) is -2.20. The normalized spacial score (nSPS) is 14.3. The van der Waals surface area contributed by atoms with Crippen LogP contribution in [0.15, 0.2) is 97.2 Å². The maximum atomic E-state index is 13.1. The second-order valence-electron chi connectivity index (χ2n) is 27.7. The van der Waals surface area contributed by atoms with Crippen molar-refractivity contribution in [3.8, 4) is 0 Å². The van der Waals surface area contributed by atoms with Crippen LogP contribution >= 0.6 is 15.6 Å². The average Bonchev–Trinajstić information content (AvgIpc) is 0.912. The minimum Gasteiger partial charge on any atom is -0.462 e. The molecule has 5 unspecified atom stereocenters. The highest BCUT2D eigenvalue weighted by molar-refractivity contribution is 7.47. The second kappa shape index (κ2) is 77.1. The van der Waals surface area contributed by atoms with Crippen LogP contribution in [0, 0.1) is 0 Å². The fraction of sp³-hybridized carbons (Fsp3) is 0.765. The van der Waals surface area contributed by atoms with Gasteiger partial charge in [-0.05, 0) is 128 Å². The Morgan fingerprint density at radius 2 is 0.500 bits per heavy atom. The molecule has 0 spiro atoms. The van der Waals surface area contributed by atoms with Crippen LogP contribution in [0.5, 0.6) is 0 Å². The molecule has 0 saturated heterocycles. The Bertz CT molecular complexity index is 2350. The summed E-state index contributed by atoms with van der Waals surface area (Å²) in [4.78, 5) is 73.1. The van der Waals surface area contributed by atoms with Crippen molar-refractivity contribution in [3.05, 3.63) is 97.2 Å². The largest absolute Gasteiger partial charge is 0.472 e. The number of phosphoric ester groups is 2. The van der Waals surface area contributed by atoms with Crippen molar-refractivity contribution < 1.29 is 80.2 Å². The van der Waals surface area contributed by atoms with Crippen LogP contribution in [0.4, 0.5) is 0 Å². The number of carbonyl (C=O) groups excluding carboxylic acids is 4. The van der Waals surface area contributed by atoms with E-state index in [0.29, 0.717) is 25.7 Å². The summed E-state index contributed by atoms with van der Waals surface area (Å²) < 4.78 is 68.7. The monoisotopic (exact) mass is 1510 g/mol. The van der Waals surface area contributed by atoms with Gasteiger partial charge >= 0.3 is 39.5 Å². The Balaban J connectivity index is 5.37. The first kappa shape index (κ1) is 100.0. The summed E-state index contributed by atoms with van der Waals surface area (Å²) >= 11 is 0. The zero-order valence-corrected chi connectivity index (χ0v) is 67.7. The molecule has 19 heteroatoms. The Morgan fingerprint density at radius 3 is 0.788 bits per heavy atom. The summed E-state index contributed by atoms with van der Waals surface area (Å²) in [5.41, 5.74) is 0. The first-order chi connectivity index (χ1) is 50.7. The highest BCUT2D eigenvalue weighted by Crippen LogP contribution is 2.45. The van der Waals surface area contributed by atoms with Gasteiger partial charge in [-0.3, -0.25) is 37.3 Å². The van der Waals surface area contributed by atoms with Crippen molar-refractivity contribution >= 4 is 39.5 Å². The van der Waals surface area contributed by atoms with E-state index in [2.05, 4.69) is 125 Å². The van der Waals surface area contributed by atoms with Crippen molar-refractivity contribution in [2.75, 3.05) is 39.6 Å². The van der Waals surface area contributed by atoms with Gasteiger partial charge in [-0.1, -0.05) is 305 Å². The Hall–Kier alpha value is -4.02. The molecule has 602 valence electrons. The second-order valence-corrected chi connectivity index (χ2v) is 30.6. The molecule has 0 fully saturated rings. The van der Waals surface area contributed by atoms with Crippen LogP contribution in [-0.4, -0.2) is 96.7 Å². The van der Waals surface area contributed by atoms with Gasteiger partial charge in [-0.2, -0.15) is 0 Å². The summed E-state index contributed by atoms with van der Waals surface area (Å²) in [5, 5.41) is 10.7. The van der Waals surface area contributed by atoms with Crippen LogP contribution in [0.3, 0.4) is 0 Å². The number of aliphatic hydroxyl groups excluding tert-OH is 1. The van der Waals surface area contributed by atoms with Gasteiger partial charge in [0.2, 0.25) is 0 Å². The number of aliphatic hydroxyl groups is 1. The Morgan fingerprint density at radius 1 is 0.279 bits per heavy atom. The van der Waals surface area contributed by atoms with Crippen LogP contribution in [0.1, 0.15) is 362 Å². The number of unbranched alkanes of at least 4 members (excludes halogenated alkanes) is 36. The fourth-order valence-electron chi connectivity index (χ4n) is 11.2. The maximum absolute atomic E-state index is 13.1. The first-order valence-electron chi connectivity index (χ1n) is 41.5. The van der Waals surface area contributed by atoms with Crippen LogP contribution in [0.25, 0.3) is 0 Å². The molecule has 0 aliphatic rings. The van der Waals surface area contributed by atoms with Crippen molar-refractivity contribution in [1.82, 2.24) is 0 Å². The number of ether oxygens (including phenoxy) is 4. The molecule has 0 aliphatic carbocycles. The summed E-state index contributed by atoms with van der Waals surface area (Å²) in [6.45, 7) is 4.72. The summed E-state index contributed by atoms with van der Waals surface area (Å²) in [6, 6.07) is 0. The lowest BCUT2D eigenvalue weighted by Crippen LogP contribution is -2.30. The molecule has 0 aliphatic heterocycles. The number of carbonyl (C=O) groups is 4. The van der Waals surface area contributed by atoms with E-state index in [1.807, 2.05) is 0 Å². The minimum atomic E-state index is -4.98. The standard InChI is InChI=1S/C85H150O17P2/c1-5-9-13-17-21-25-29-33-37-38-39-40-44-46-50-54-58-62-66-70-83(88)96-76-81(102-85(90)72-68-64-60-56-52-48-43-36-32-28-24-20-16-12-8-4)78-100-104(93,94)98-74-79(86)73-97-103(91,92)99-77-80(101-84(89)71-67-63-59-55-51-47-42-35-31-27-23-19-15-11-7-3)75-95-82(87)69-65-61-57-53-49-45-41-34-30-26-22-18-14-10-6-2/h10,14,21-22,24-26,28,33-34,36-37,39-41,43,79-81,86H,5-9,11-13,15-20,23,27,29-32,35,38,42,44-78H2,1-4H3,(H,91,92)(H,93,94)/b14-10-,25-21-,26-22-,28-24-,37-33-,40-39-,41-34-,43-36-. The molecule has 0 aromatic carbocycles. The third-order valence-electron chi connectivity index (χ3n) is 17.5. The fourth-order valence-corrected chi connectivity index (χ4v) is 12.8. The van der Waals surface area contributed by atoms with Crippen molar-refractivity contribution in [3.63, 3.8) is 0 Å². The molecular formula is C85H150O17P2. The molecule has 0 bridgehead atoms. The minimum absolute atomic E-state index is 0.0764. The smallest absolute Gasteiger partial charge is 0.462 e. The van der Waals surface area contributed by atoms with Crippen molar-refractivity contribution in [2.24, 2.45) is 0 Å². The lowest BCUT2D eigenvalue weighted by atomic mass is 10.0. The zero-order valence-electron chi connectivity index (χ0n) is 65.9. The van der Waals surface area contributed by atoms with Gasteiger partial charge in [-0.25, -0.2) is 9.13 Å². The molecule has 0 heterocycles. The molecule has 5 atom stereocenters. The number of esters is 4. The zero-order chi connectivity index (χ0) is 76.0. The summed E-state index contributed by atoms with van der Waals surface area (Å²) in [7, 11) is -9.96. The van der Waals surface area contributed by atoms with E-state index in [9.17, 15) is 43.2 Å². The molecule has 0 aromatic rings. The van der Waals surface area contributed by atoms with E-state index in [-0.39, 0.29) is 25.7 Å². The lowest BCUT2D eigenvalue weighted by Gasteiger charge is -2.21. The number of hydrogen-bond donors (Lipinski definition) is 3. The van der Waals surface area contributed by atoms with Gasteiger partial charge in [0.25, 0.3) is 0 Å². The van der Waals surface area contributed by atoms with E-state index in [1.165, 1.54) is 103 Å². The van der Waals surface area contributed by atoms with E-state index in [0.717, 1.165) is 180 Å². The molecule has 104 heavy (non-hydrogen) atoms. The van der Waals surface area contributed by atoms with E-state index in [1.54, 1.807) is 0 Å². The van der Waals surface area contributed by atoms with Crippen LogP contribution in [0.2, 0.25) is 0 Å². The van der Waals surface area contributed by atoms with Gasteiger partial charge < -0.3 is 33.8 Å². The van der Waals surface area contributed by atoms with Crippen molar-refractivity contribution in [2.45, 2.75) is 380 Å². The quantitative estimate of drug-likeness (QED) is 0.0169. The highest BCUT2D eigenvalue weighted by atomic mass is 31.2. The van der Waals surface area contributed by atoms with Gasteiger partial charge in [0.1, 0.15) is 19.3 Å². The van der Waals surface area contributed by atoms with E-state index < -0.39 is 97.5 Å². The van der Waals surface area contributed by atoms with E-state index in [4.69, 9.17) is 37.0 Å². The number of rotatable bonds is 78. The predicted molar refractivity (Wildman–Crippen MR) is 427 cm³/mol. The van der Waals surface area contributed by atoms with Gasteiger partial charge in [0, 0.05) is 25.7 Å². The molecule has 0 radical (unpaired) electrons. The molecule has 3 N–H and O–H groups in total.